The highest BCUT2D eigenvalue weighted by atomic mass is 16.7. The van der Waals surface area contributed by atoms with E-state index in [0.717, 1.165) is 32.1 Å². The molecule has 0 heterocycles. The fourth-order valence-corrected chi connectivity index (χ4v) is 2.14. The van der Waals surface area contributed by atoms with Crippen molar-refractivity contribution in [1.29, 1.82) is 0 Å². The lowest BCUT2D eigenvalue weighted by atomic mass is 10.1. The van der Waals surface area contributed by atoms with Crippen LogP contribution in [0, 0.1) is 5.92 Å². The molecule has 1 atom stereocenters. The van der Waals surface area contributed by atoms with Gasteiger partial charge in [0.25, 0.3) is 0 Å². The molecule has 0 aromatic carbocycles. The molecule has 1 rings (SSSR count). The quantitative estimate of drug-likeness (QED) is 0.566. The van der Waals surface area contributed by atoms with Gasteiger partial charge in [-0.1, -0.05) is 19.8 Å². The minimum absolute atomic E-state index is 0.0315. The van der Waals surface area contributed by atoms with E-state index < -0.39 is 0 Å². The maximum Gasteiger partial charge on any atom is 0.158 e. The second kappa shape index (κ2) is 8.90. The van der Waals surface area contributed by atoms with Crippen LogP contribution in [0.1, 0.15) is 52.9 Å². The van der Waals surface area contributed by atoms with E-state index in [0.29, 0.717) is 6.04 Å². The van der Waals surface area contributed by atoms with Gasteiger partial charge < -0.3 is 14.8 Å². The van der Waals surface area contributed by atoms with Gasteiger partial charge in [-0.2, -0.15) is 0 Å². The summed E-state index contributed by atoms with van der Waals surface area (Å²) in [6.07, 6.45) is 6.38. The Morgan fingerprint density at radius 2 is 1.76 bits per heavy atom. The summed E-state index contributed by atoms with van der Waals surface area (Å²) in [6.45, 7) is 8.75. The van der Waals surface area contributed by atoms with Crippen molar-refractivity contribution in [3.05, 3.63) is 0 Å². The first-order chi connectivity index (χ1) is 8.30. The molecule has 1 unspecified atom stereocenters. The molecule has 0 radical (unpaired) electrons. The summed E-state index contributed by atoms with van der Waals surface area (Å²) >= 11 is 0. The SMILES string of the molecule is CCOC(CCNC(CC)CC1CC1)OCC. The van der Waals surface area contributed by atoms with Crippen molar-refractivity contribution in [3.8, 4) is 0 Å². The van der Waals surface area contributed by atoms with Gasteiger partial charge in [-0.05, 0) is 32.6 Å². The molecule has 3 heteroatoms. The molecule has 1 saturated carbocycles. The van der Waals surface area contributed by atoms with E-state index in [2.05, 4.69) is 12.2 Å². The fourth-order valence-electron chi connectivity index (χ4n) is 2.14. The Hall–Kier alpha value is -0.120. The van der Waals surface area contributed by atoms with Crippen LogP contribution < -0.4 is 5.32 Å². The molecule has 3 nitrogen and oxygen atoms in total. The van der Waals surface area contributed by atoms with Crippen molar-refractivity contribution in [3.63, 3.8) is 0 Å². The van der Waals surface area contributed by atoms with Crippen molar-refractivity contribution < 1.29 is 9.47 Å². The van der Waals surface area contributed by atoms with Crippen molar-refractivity contribution in [2.45, 2.75) is 65.2 Å². The normalized spacial score (nSPS) is 17.6. The van der Waals surface area contributed by atoms with Crippen LogP contribution in [-0.2, 0) is 9.47 Å². The topological polar surface area (TPSA) is 30.5 Å². The Bertz CT molecular complexity index is 175. The molecular formula is C14H29NO2. The maximum atomic E-state index is 5.53. The summed E-state index contributed by atoms with van der Waals surface area (Å²) in [7, 11) is 0. The van der Waals surface area contributed by atoms with E-state index in [1.165, 1.54) is 25.7 Å². The summed E-state index contributed by atoms with van der Waals surface area (Å²) in [4.78, 5) is 0. The molecule has 0 amide bonds. The Morgan fingerprint density at radius 3 is 2.24 bits per heavy atom. The molecule has 0 aromatic rings. The van der Waals surface area contributed by atoms with Crippen molar-refractivity contribution in [2.75, 3.05) is 19.8 Å². The van der Waals surface area contributed by atoms with Gasteiger partial charge in [-0.25, -0.2) is 0 Å². The van der Waals surface area contributed by atoms with Crippen molar-refractivity contribution in [1.82, 2.24) is 5.32 Å². The predicted octanol–water partition coefficient (Wildman–Crippen LogP) is 2.94. The minimum atomic E-state index is -0.0315. The van der Waals surface area contributed by atoms with E-state index in [-0.39, 0.29) is 6.29 Å². The van der Waals surface area contributed by atoms with Crippen molar-refractivity contribution in [2.24, 2.45) is 5.92 Å². The van der Waals surface area contributed by atoms with Gasteiger partial charge in [0.2, 0.25) is 0 Å². The number of rotatable bonds is 11. The second-order valence-corrected chi connectivity index (χ2v) is 4.87. The number of nitrogens with one attached hydrogen (secondary N) is 1. The van der Waals surface area contributed by atoms with Crippen LogP contribution in [0.4, 0.5) is 0 Å². The van der Waals surface area contributed by atoms with Gasteiger partial charge in [0.15, 0.2) is 6.29 Å². The Kier molecular flexibility index (Phi) is 7.82. The molecule has 1 aliphatic rings. The van der Waals surface area contributed by atoms with Gasteiger partial charge in [0.05, 0.1) is 0 Å². The fraction of sp³-hybridized carbons (Fsp3) is 1.00. The molecule has 0 saturated heterocycles. The van der Waals surface area contributed by atoms with Crippen LogP contribution in [-0.4, -0.2) is 32.1 Å². The number of ether oxygens (including phenoxy) is 2. The zero-order valence-corrected chi connectivity index (χ0v) is 11.7. The molecule has 102 valence electrons. The lowest BCUT2D eigenvalue weighted by Crippen LogP contribution is -2.32. The summed E-state index contributed by atoms with van der Waals surface area (Å²) in [5, 5.41) is 3.63. The molecule has 0 bridgehead atoms. The highest BCUT2D eigenvalue weighted by Crippen LogP contribution is 2.33. The zero-order valence-electron chi connectivity index (χ0n) is 11.7. The van der Waals surface area contributed by atoms with Gasteiger partial charge >= 0.3 is 0 Å². The van der Waals surface area contributed by atoms with E-state index in [4.69, 9.17) is 9.47 Å². The van der Waals surface area contributed by atoms with E-state index >= 15 is 0 Å². The molecule has 1 aliphatic carbocycles. The predicted molar refractivity (Wildman–Crippen MR) is 71.1 cm³/mol. The minimum Gasteiger partial charge on any atom is -0.353 e. The summed E-state index contributed by atoms with van der Waals surface area (Å²) < 4.78 is 11.1. The molecule has 0 aliphatic heterocycles. The smallest absolute Gasteiger partial charge is 0.158 e. The first-order valence-corrected chi connectivity index (χ1v) is 7.26. The number of hydrogen-bond acceptors (Lipinski definition) is 3. The first kappa shape index (κ1) is 14.9. The van der Waals surface area contributed by atoms with Gasteiger partial charge in [0.1, 0.15) is 0 Å². The second-order valence-electron chi connectivity index (χ2n) is 4.87. The largest absolute Gasteiger partial charge is 0.353 e. The maximum absolute atomic E-state index is 5.53. The van der Waals surface area contributed by atoms with Gasteiger partial charge in [-0.3, -0.25) is 0 Å². The Labute approximate surface area is 106 Å². The van der Waals surface area contributed by atoms with Gasteiger partial charge in [-0.15, -0.1) is 0 Å². The highest BCUT2D eigenvalue weighted by molar-refractivity contribution is 4.79. The van der Waals surface area contributed by atoms with Crippen LogP contribution in [0.3, 0.4) is 0 Å². The van der Waals surface area contributed by atoms with Crippen LogP contribution in [0.25, 0.3) is 0 Å². The molecular weight excluding hydrogens is 214 g/mol. The lowest BCUT2D eigenvalue weighted by molar-refractivity contribution is -0.138. The van der Waals surface area contributed by atoms with E-state index in [1.807, 2.05) is 13.8 Å². The number of hydrogen-bond donors (Lipinski definition) is 1. The van der Waals surface area contributed by atoms with Crippen LogP contribution in [0.15, 0.2) is 0 Å². The van der Waals surface area contributed by atoms with E-state index in [9.17, 15) is 0 Å². The standard InChI is InChI=1S/C14H29NO2/c1-4-13(11-12-7-8-12)15-10-9-14(16-5-2)17-6-3/h12-15H,4-11H2,1-3H3. The summed E-state index contributed by atoms with van der Waals surface area (Å²) in [5.74, 6) is 1.00. The average molecular weight is 243 g/mol. The summed E-state index contributed by atoms with van der Waals surface area (Å²) in [5.41, 5.74) is 0. The average Bonchev–Trinajstić information content (AvgIpc) is 3.12. The molecule has 0 spiro atoms. The highest BCUT2D eigenvalue weighted by Gasteiger charge is 2.24. The summed E-state index contributed by atoms with van der Waals surface area (Å²) in [6, 6.07) is 0.686. The third kappa shape index (κ3) is 7.02. The first-order valence-electron chi connectivity index (χ1n) is 7.26. The van der Waals surface area contributed by atoms with E-state index in [1.54, 1.807) is 0 Å². The molecule has 0 aromatic heterocycles. The Balaban J connectivity index is 2.09. The van der Waals surface area contributed by atoms with Crippen LogP contribution >= 0.6 is 0 Å². The molecule has 1 N–H and O–H groups in total. The van der Waals surface area contributed by atoms with Crippen LogP contribution in [0.2, 0.25) is 0 Å². The lowest BCUT2D eigenvalue weighted by Gasteiger charge is -2.20. The Morgan fingerprint density at radius 1 is 1.12 bits per heavy atom. The monoisotopic (exact) mass is 243 g/mol. The zero-order chi connectivity index (χ0) is 12.5. The van der Waals surface area contributed by atoms with Crippen molar-refractivity contribution >= 4 is 0 Å². The third-order valence-electron chi connectivity index (χ3n) is 3.33. The molecule has 1 fully saturated rings. The molecule has 17 heavy (non-hydrogen) atoms. The van der Waals surface area contributed by atoms with Gasteiger partial charge in [0, 0.05) is 32.2 Å². The third-order valence-corrected chi connectivity index (χ3v) is 3.33. The van der Waals surface area contributed by atoms with Crippen LogP contribution in [0.5, 0.6) is 0 Å².